The Bertz CT molecular complexity index is 1420. The molecule has 1 aliphatic heterocycles. The van der Waals surface area contributed by atoms with Crippen LogP contribution in [0.4, 0.5) is 5.69 Å². The zero-order chi connectivity index (χ0) is 27.4. The third kappa shape index (κ3) is 6.28. The Labute approximate surface area is 229 Å². The van der Waals surface area contributed by atoms with Crippen LogP contribution in [0.25, 0.3) is 6.08 Å². The molecule has 3 aromatic rings. The van der Waals surface area contributed by atoms with E-state index in [2.05, 4.69) is 41.7 Å². The summed E-state index contributed by atoms with van der Waals surface area (Å²) in [6.45, 7) is 8.85. The number of nitro groups is 1. The van der Waals surface area contributed by atoms with E-state index in [0.29, 0.717) is 28.1 Å². The minimum absolute atomic E-state index is 0.0144. The first-order chi connectivity index (χ1) is 18.0. The van der Waals surface area contributed by atoms with Crippen molar-refractivity contribution in [3.05, 3.63) is 103 Å². The third-order valence-electron chi connectivity index (χ3n) is 5.78. The van der Waals surface area contributed by atoms with E-state index in [1.165, 1.54) is 17.7 Å². The maximum absolute atomic E-state index is 12.6. The van der Waals surface area contributed by atoms with Gasteiger partial charge in [-0.05, 0) is 87.4 Å². The van der Waals surface area contributed by atoms with Crippen LogP contribution in [0.1, 0.15) is 49.9 Å². The number of rotatable bonds is 8. The Hall–Kier alpha value is -3.98. The fourth-order valence-electron chi connectivity index (χ4n) is 3.75. The van der Waals surface area contributed by atoms with Crippen LogP contribution in [-0.2, 0) is 21.6 Å². The molecule has 38 heavy (non-hydrogen) atoms. The lowest BCUT2D eigenvalue weighted by Gasteiger charge is -2.18. The number of aliphatic imine (C=N–C) groups is 1. The molecule has 4 rings (SSSR count). The Morgan fingerprint density at radius 2 is 1.74 bits per heavy atom. The molecule has 196 valence electrons. The van der Waals surface area contributed by atoms with E-state index >= 15 is 0 Å². The van der Waals surface area contributed by atoms with Crippen LogP contribution in [0.5, 0.6) is 11.5 Å². The smallest absolute Gasteiger partial charge is 0.363 e. The van der Waals surface area contributed by atoms with Gasteiger partial charge >= 0.3 is 5.97 Å². The summed E-state index contributed by atoms with van der Waals surface area (Å²) < 4.78 is 17.8. The van der Waals surface area contributed by atoms with Crippen LogP contribution < -0.4 is 9.47 Å². The van der Waals surface area contributed by atoms with Gasteiger partial charge in [-0.15, -0.1) is 0 Å². The van der Waals surface area contributed by atoms with Gasteiger partial charge in [0.05, 0.1) is 16.0 Å². The number of benzene rings is 3. The van der Waals surface area contributed by atoms with Crippen molar-refractivity contribution in [2.75, 3.05) is 6.61 Å². The SMILES string of the molecule is CCOc1cc(C=C2N=C(c3ccc(C(C)(C)C)cc3)OC2=O)cc(Br)c1OCc1ccc([N+](=O)[O-])cc1. The first kappa shape index (κ1) is 27.1. The molecular weight excluding hydrogens is 552 g/mol. The lowest BCUT2D eigenvalue weighted by atomic mass is 9.87. The molecule has 0 N–H and O–H groups in total. The highest BCUT2D eigenvalue weighted by Crippen LogP contribution is 2.38. The number of esters is 1. The first-order valence-electron chi connectivity index (χ1n) is 12.0. The number of nitrogens with zero attached hydrogens (tertiary/aromatic N) is 2. The highest BCUT2D eigenvalue weighted by atomic mass is 79.9. The van der Waals surface area contributed by atoms with E-state index in [0.717, 1.165) is 11.1 Å². The first-order valence-corrected chi connectivity index (χ1v) is 12.8. The van der Waals surface area contributed by atoms with E-state index in [-0.39, 0.29) is 29.3 Å². The van der Waals surface area contributed by atoms with Crippen LogP contribution >= 0.6 is 15.9 Å². The molecular formula is C29H27BrN2O6. The molecule has 0 atom stereocenters. The molecule has 0 saturated carbocycles. The van der Waals surface area contributed by atoms with Gasteiger partial charge < -0.3 is 14.2 Å². The number of cyclic esters (lactones) is 1. The fourth-order valence-corrected chi connectivity index (χ4v) is 4.32. The summed E-state index contributed by atoms with van der Waals surface area (Å²) in [6, 6.07) is 17.5. The van der Waals surface area contributed by atoms with Gasteiger partial charge in [0.1, 0.15) is 6.61 Å². The zero-order valence-electron chi connectivity index (χ0n) is 21.5. The molecule has 0 aliphatic carbocycles. The van der Waals surface area contributed by atoms with E-state index in [4.69, 9.17) is 14.2 Å². The number of nitro benzene ring substituents is 1. The van der Waals surface area contributed by atoms with Gasteiger partial charge in [-0.1, -0.05) is 32.9 Å². The Morgan fingerprint density at radius 1 is 1.05 bits per heavy atom. The van der Waals surface area contributed by atoms with Gasteiger partial charge in [0.25, 0.3) is 5.69 Å². The lowest BCUT2D eigenvalue weighted by Crippen LogP contribution is -2.11. The minimum atomic E-state index is -0.535. The predicted octanol–water partition coefficient (Wildman–Crippen LogP) is 6.98. The largest absolute Gasteiger partial charge is 0.490 e. The quantitative estimate of drug-likeness (QED) is 0.124. The van der Waals surface area contributed by atoms with Crippen LogP contribution in [0, 0.1) is 10.1 Å². The molecule has 0 amide bonds. The summed E-state index contributed by atoms with van der Waals surface area (Å²) in [6.07, 6.45) is 1.63. The van der Waals surface area contributed by atoms with Gasteiger partial charge in [0.15, 0.2) is 17.2 Å². The molecule has 0 bridgehead atoms. The lowest BCUT2D eigenvalue weighted by molar-refractivity contribution is -0.384. The van der Waals surface area contributed by atoms with Gasteiger partial charge in [0.2, 0.25) is 5.90 Å². The number of non-ortho nitro benzene ring substituents is 1. The molecule has 9 heteroatoms. The maximum atomic E-state index is 12.6. The second-order valence-corrected chi connectivity index (χ2v) is 10.5. The summed E-state index contributed by atoms with van der Waals surface area (Å²) in [4.78, 5) is 27.4. The summed E-state index contributed by atoms with van der Waals surface area (Å²) in [5.74, 6) is 0.676. The van der Waals surface area contributed by atoms with Crippen molar-refractivity contribution in [1.29, 1.82) is 0 Å². The van der Waals surface area contributed by atoms with Crippen molar-refractivity contribution in [1.82, 2.24) is 0 Å². The molecule has 0 unspecified atom stereocenters. The number of hydrogen-bond donors (Lipinski definition) is 0. The number of halogens is 1. The highest BCUT2D eigenvalue weighted by Gasteiger charge is 2.25. The number of hydrogen-bond acceptors (Lipinski definition) is 7. The van der Waals surface area contributed by atoms with Crippen molar-refractivity contribution >= 4 is 39.6 Å². The number of carbonyl (C=O) groups is 1. The summed E-state index contributed by atoms with van der Waals surface area (Å²) >= 11 is 3.53. The Kier molecular flexibility index (Phi) is 7.97. The third-order valence-corrected chi connectivity index (χ3v) is 6.37. The normalized spacial score (nSPS) is 14.3. The van der Waals surface area contributed by atoms with Crippen LogP contribution in [-0.4, -0.2) is 23.4 Å². The maximum Gasteiger partial charge on any atom is 0.363 e. The van der Waals surface area contributed by atoms with Crippen LogP contribution in [0.15, 0.2) is 75.8 Å². The van der Waals surface area contributed by atoms with Gasteiger partial charge in [-0.3, -0.25) is 10.1 Å². The monoisotopic (exact) mass is 578 g/mol. The van der Waals surface area contributed by atoms with Crippen LogP contribution in [0.2, 0.25) is 0 Å². The molecule has 1 aliphatic rings. The summed E-state index contributed by atoms with van der Waals surface area (Å²) in [7, 11) is 0. The Balaban J connectivity index is 1.56. The van der Waals surface area contributed by atoms with E-state index < -0.39 is 10.9 Å². The molecule has 8 nitrogen and oxygen atoms in total. The van der Waals surface area contributed by atoms with Gasteiger partial charge in [0, 0.05) is 17.7 Å². The fraction of sp³-hybridized carbons (Fsp3) is 0.241. The number of ether oxygens (including phenoxy) is 3. The second kappa shape index (κ2) is 11.2. The minimum Gasteiger partial charge on any atom is -0.490 e. The standard InChI is InChI=1S/C29H27BrN2O6/c1-5-36-25-16-19(14-23(30)26(25)37-17-18-6-12-22(13-7-18)32(34)35)15-24-28(33)38-27(31-24)20-8-10-21(11-9-20)29(2,3)4/h6-16H,5,17H2,1-4H3. The molecule has 1 heterocycles. The van der Waals surface area contributed by atoms with E-state index in [1.54, 1.807) is 30.3 Å². The average Bonchev–Trinajstić information content (AvgIpc) is 3.23. The second-order valence-electron chi connectivity index (χ2n) is 9.64. The van der Waals surface area contributed by atoms with Gasteiger partial charge in [-0.2, -0.15) is 0 Å². The van der Waals surface area contributed by atoms with Crippen molar-refractivity contribution < 1.29 is 23.9 Å². The topological polar surface area (TPSA) is 100 Å². The number of carbonyl (C=O) groups excluding carboxylic acids is 1. The predicted molar refractivity (Wildman–Crippen MR) is 148 cm³/mol. The van der Waals surface area contributed by atoms with Crippen molar-refractivity contribution in [3.8, 4) is 11.5 Å². The molecule has 3 aromatic carbocycles. The van der Waals surface area contributed by atoms with Crippen molar-refractivity contribution in [2.45, 2.75) is 39.7 Å². The van der Waals surface area contributed by atoms with Crippen LogP contribution in [0.3, 0.4) is 0 Å². The molecule has 0 fully saturated rings. The van der Waals surface area contributed by atoms with Crippen molar-refractivity contribution in [3.63, 3.8) is 0 Å². The molecule has 0 aromatic heterocycles. The Morgan fingerprint density at radius 3 is 2.34 bits per heavy atom. The summed E-state index contributed by atoms with van der Waals surface area (Å²) in [5.41, 5.74) is 3.54. The molecule has 0 saturated heterocycles. The molecule has 0 spiro atoms. The summed E-state index contributed by atoms with van der Waals surface area (Å²) in [5, 5.41) is 10.9. The zero-order valence-corrected chi connectivity index (χ0v) is 23.1. The average molecular weight is 579 g/mol. The van der Waals surface area contributed by atoms with Crippen molar-refractivity contribution in [2.24, 2.45) is 4.99 Å². The molecule has 0 radical (unpaired) electrons. The van der Waals surface area contributed by atoms with E-state index in [9.17, 15) is 14.9 Å². The van der Waals surface area contributed by atoms with E-state index in [1.807, 2.05) is 31.2 Å². The highest BCUT2D eigenvalue weighted by molar-refractivity contribution is 9.10. The van der Waals surface area contributed by atoms with Gasteiger partial charge in [-0.25, -0.2) is 9.79 Å².